The van der Waals surface area contributed by atoms with Crippen LogP contribution < -0.4 is 4.90 Å². The number of nitriles is 1. The minimum atomic E-state index is 0.119. The van der Waals surface area contributed by atoms with Gasteiger partial charge in [-0.05, 0) is 39.1 Å². The zero-order valence-corrected chi connectivity index (χ0v) is 13.3. The maximum atomic E-state index is 9.05. The monoisotopic (exact) mass is 321 g/mol. The molecule has 0 radical (unpaired) electrons. The molecule has 0 spiro atoms. The van der Waals surface area contributed by atoms with Gasteiger partial charge in [-0.1, -0.05) is 22.0 Å². The van der Waals surface area contributed by atoms with Crippen molar-refractivity contribution >= 4 is 21.6 Å². The van der Waals surface area contributed by atoms with Crippen LogP contribution in [0.15, 0.2) is 28.7 Å². The number of halogens is 1. The van der Waals surface area contributed by atoms with Crippen LogP contribution in [0, 0.1) is 11.3 Å². The summed E-state index contributed by atoms with van der Waals surface area (Å²) >= 11 is 3.53. The first-order valence-corrected chi connectivity index (χ1v) is 7.34. The van der Waals surface area contributed by atoms with E-state index in [2.05, 4.69) is 64.8 Å². The number of piperazine rings is 1. The van der Waals surface area contributed by atoms with Crippen molar-refractivity contribution in [3.8, 4) is 6.07 Å². The molecule has 2 rings (SSSR count). The summed E-state index contributed by atoms with van der Waals surface area (Å²) in [5.74, 6) is 0. The molecular weight excluding hydrogens is 302 g/mol. The van der Waals surface area contributed by atoms with E-state index in [1.807, 2.05) is 12.1 Å². The molecule has 0 N–H and O–H groups in total. The Balaban J connectivity index is 2.31. The zero-order chi connectivity index (χ0) is 14.0. The van der Waals surface area contributed by atoms with Gasteiger partial charge in [0.05, 0.1) is 18.5 Å². The van der Waals surface area contributed by atoms with E-state index in [1.54, 1.807) is 0 Å². The van der Waals surface area contributed by atoms with Crippen LogP contribution in [0.3, 0.4) is 0 Å². The van der Waals surface area contributed by atoms with E-state index < -0.39 is 0 Å². The summed E-state index contributed by atoms with van der Waals surface area (Å²) in [6, 6.07) is 10.9. The number of nitrogens with zero attached hydrogens (tertiary/aromatic N) is 3. The minimum Gasteiger partial charge on any atom is -0.364 e. The lowest BCUT2D eigenvalue weighted by molar-refractivity contribution is 0.115. The SMILES string of the molecule is CN1CC(CC#N)N(c2cccc(Br)c2)CC1(C)C. The molecule has 0 amide bonds. The van der Waals surface area contributed by atoms with Gasteiger partial charge in [0.1, 0.15) is 0 Å². The molecule has 1 aromatic rings. The standard InChI is InChI=1S/C15H20BrN3/c1-15(2)11-19(13-6-4-5-12(16)9-13)14(7-8-17)10-18(15)3/h4-6,9,14H,7,10-11H2,1-3H3. The topological polar surface area (TPSA) is 30.3 Å². The van der Waals surface area contributed by atoms with Gasteiger partial charge < -0.3 is 4.90 Å². The average Bonchev–Trinajstić information content (AvgIpc) is 2.34. The molecular formula is C15H20BrN3. The second-order valence-corrected chi connectivity index (χ2v) is 6.73. The lowest BCUT2D eigenvalue weighted by Crippen LogP contribution is -2.62. The molecule has 102 valence electrons. The number of hydrogen-bond donors (Lipinski definition) is 0. The quantitative estimate of drug-likeness (QED) is 0.837. The molecule has 1 aliphatic rings. The molecule has 3 nitrogen and oxygen atoms in total. The highest BCUT2D eigenvalue weighted by Crippen LogP contribution is 2.30. The molecule has 4 heteroatoms. The molecule has 0 saturated carbocycles. The molecule has 1 aliphatic heterocycles. The van der Waals surface area contributed by atoms with Crippen molar-refractivity contribution in [2.75, 3.05) is 25.0 Å². The summed E-state index contributed by atoms with van der Waals surface area (Å²) in [5.41, 5.74) is 1.31. The van der Waals surface area contributed by atoms with Crippen LogP contribution in [0.4, 0.5) is 5.69 Å². The van der Waals surface area contributed by atoms with Crippen LogP contribution in [0.2, 0.25) is 0 Å². The predicted octanol–water partition coefficient (Wildman–Crippen LogP) is 3.26. The molecule has 19 heavy (non-hydrogen) atoms. The van der Waals surface area contributed by atoms with Crippen LogP contribution in [-0.2, 0) is 0 Å². The Kier molecular flexibility index (Phi) is 4.17. The Morgan fingerprint density at radius 1 is 1.47 bits per heavy atom. The van der Waals surface area contributed by atoms with Gasteiger partial charge in [-0.2, -0.15) is 5.26 Å². The first-order chi connectivity index (χ1) is 8.94. The first-order valence-electron chi connectivity index (χ1n) is 6.54. The highest BCUT2D eigenvalue weighted by atomic mass is 79.9. The number of anilines is 1. The third-order valence-corrected chi connectivity index (χ3v) is 4.48. The van der Waals surface area contributed by atoms with Gasteiger partial charge >= 0.3 is 0 Å². The summed E-state index contributed by atoms with van der Waals surface area (Å²) in [4.78, 5) is 4.72. The summed E-state index contributed by atoms with van der Waals surface area (Å²) in [5, 5.41) is 9.05. The molecule has 1 atom stereocenters. The van der Waals surface area contributed by atoms with Gasteiger partial charge in [-0.3, -0.25) is 4.90 Å². The third kappa shape index (κ3) is 3.10. The molecule has 1 unspecified atom stereocenters. The summed E-state index contributed by atoms with van der Waals surface area (Å²) in [6.45, 7) is 6.36. The van der Waals surface area contributed by atoms with Gasteiger partial charge in [-0.15, -0.1) is 0 Å². The highest BCUT2D eigenvalue weighted by Gasteiger charge is 2.36. The zero-order valence-electron chi connectivity index (χ0n) is 11.7. The largest absolute Gasteiger partial charge is 0.364 e. The number of benzene rings is 1. The highest BCUT2D eigenvalue weighted by molar-refractivity contribution is 9.10. The Labute approximate surface area is 123 Å². The second kappa shape index (κ2) is 5.52. The van der Waals surface area contributed by atoms with E-state index >= 15 is 0 Å². The van der Waals surface area contributed by atoms with Crippen LogP contribution >= 0.6 is 15.9 Å². The Morgan fingerprint density at radius 3 is 2.84 bits per heavy atom. The maximum absolute atomic E-state index is 9.05. The van der Waals surface area contributed by atoms with E-state index in [0.717, 1.165) is 17.6 Å². The molecule has 1 heterocycles. The molecule has 0 bridgehead atoms. The average molecular weight is 322 g/mol. The lowest BCUT2D eigenvalue weighted by atomic mass is 9.94. The Hall–Kier alpha value is -1.05. The Bertz CT molecular complexity index is 492. The van der Waals surface area contributed by atoms with Crippen molar-refractivity contribution in [2.24, 2.45) is 0 Å². The fraction of sp³-hybridized carbons (Fsp3) is 0.533. The molecule has 1 saturated heterocycles. The fourth-order valence-electron chi connectivity index (χ4n) is 2.57. The maximum Gasteiger partial charge on any atom is 0.0643 e. The van der Waals surface area contributed by atoms with E-state index in [-0.39, 0.29) is 11.6 Å². The van der Waals surface area contributed by atoms with E-state index in [4.69, 9.17) is 5.26 Å². The van der Waals surface area contributed by atoms with Gasteiger partial charge in [0, 0.05) is 28.8 Å². The molecule has 0 aliphatic carbocycles. The smallest absolute Gasteiger partial charge is 0.0643 e. The number of rotatable bonds is 2. The van der Waals surface area contributed by atoms with E-state index in [1.165, 1.54) is 5.69 Å². The van der Waals surface area contributed by atoms with Gasteiger partial charge in [0.25, 0.3) is 0 Å². The third-order valence-electron chi connectivity index (χ3n) is 3.98. The van der Waals surface area contributed by atoms with Crippen molar-refractivity contribution < 1.29 is 0 Å². The molecule has 0 aromatic heterocycles. The van der Waals surface area contributed by atoms with Crippen molar-refractivity contribution in [1.29, 1.82) is 5.26 Å². The van der Waals surface area contributed by atoms with Gasteiger partial charge in [-0.25, -0.2) is 0 Å². The van der Waals surface area contributed by atoms with Crippen LogP contribution in [0.1, 0.15) is 20.3 Å². The number of hydrogen-bond acceptors (Lipinski definition) is 3. The van der Waals surface area contributed by atoms with Gasteiger partial charge in [0.15, 0.2) is 0 Å². The summed E-state index contributed by atoms with van der Waals surface area (Å²) in [7, 11) is 2.14. The van der Waals surface area contributed by atoms with E-state index in [9.17, 15) is 0 Å². The Morgan fingerprint density at radius 2 is 2.21 bits per heavy atom. The van der Waals surface area contributed by atoms with Crippen molar-refractivity contribution in [3.05, 3.63) is 28.7 Å². The predicted molar refractivity (Wildman–Crippen MR) is 82.2 cm³/mol. The first kappa shape index (κ1) is 14.4. The van der Waals surface area contributed by atoms with Crippen molar-refractivity contribution in [2.45, 2.75) is 31.8 Å². The van der Waals surface area contributed by atoms with Crippen LogP contribution in [0.5, 0.6) is 0 Å². The minimum absolute atomic E-state index is 0.119. The summed E-state index contributed by atoms with van der Waals surface area (Å²) in [6.07, 6.45) is 0.562. The van der Waals surface area contributed by atoms with Gasteiger partial charge in [0.2, 0.25) is 0 Å². The molecule has 1 aromatic carbocycles. The normalized spacial score (nSPS) is 23.1. The van der Waals surface area contributed by atoms with Crippen LogP contribution in [0.25, 0.3) is 0 Å². The van der Waals surface area contributed by atoms with E-state index in [0.29, 0.717) is 6.42 Å². The van der Waals surface area contributed by atoms with Crippen LogP contribution in [-0.4, -0.2) is 36.6 Å². The van der Waals surface area contributed by atoms with Crippen molar-refractivity contribution in [1.82, 2.24) is 4.90 Å². The molecule has 1 fully saturated rings. The lowest BCUT2D eigenvalue weighted by Gasteiger charge is -2.50. The number of likely N-dealkylation sites (N-methyl/N-ethyl adjacent to an activating group) is 1. The second-order valence-electron chi connectivity index (χ2n) is 5.82. The summed E-state index contributed by atoms with van der Waals surface area (Å²) < 4.78 is 1.08. The fourth-order valence-corrected chi connectivity index (χ4v) is 2.95. The van der Waals surface area contributed by atoms with Crippen molar-refractivity contribution in [3.63, 3.8) is 0 Å².